The molecule has 4 nitrogen and oxygen atoms in total. The number of methoxy groups -OCH3 is 1. The molecule has 0 fully saturated rings. The van der Waals surface area contributed by atoms with Crippen molar-refractivity contribution in [1.29, 1.82) is 0 Å². The maximum absolute atomic E-state index is 5.37. The molecule has 3 heterocycles. The topological polar surface area (TPSA) is 42.8 Å². The minimum absolute atomic E-state index is 0.849. The maximum Gasteiger partial charge on any atom is 0.141 e. The van der Waals surface area contributed by atoms with E-state index in [-0.39, 0.29) is 0 Å². The van der Waals surface area contributed by atoms with Crippen molar-refractivity contribution >= 4 is 10.9 Å². The highest BCUT2D eigenvalue weighted by Crippen LogP contribution is 2.42. The molecule has 1 aliphatic heterocycles. The standard InChI is InChI=1S/C27H23N3O/c1-17-7-9-19(10-8-17)27-29-24(18-11-13-20(31-2)14-12-18)26-25-22(15-16-30(26)27)21-5-3-4-6-23(21)28-25/h3-14,28H,15-16H2,1-2H3. The summed E-state index contributed by atoms with van der Waals surface area (Å²) in [6.07, 6.45) is 0.990. The van der Waals surface area contributed by atoms with E-state index in [4.69, 9.17) is 9.72 Å². The number of aryl methyl sites for hydroxylation is 2. The number of nitrogens with zero attached hydrogens (tertiary/aromatic N) is 2. The molecule has 1 aliphatic rings. The van der Waals surface area contributed by atoms with Gasteiger partial charge in [-0.2, -0.15) is 0 Å². The van der Waals surface area contributed by atoms with Crippen molar-refractivity contribution in [3.05, 3.63) is 83.9 Å². The fourth-order valence-corrected chi connectivity index (χ4v) is 4.68. The van der Waals surface area contributed by atoms with Gasteiger partial charge in [0.25, 0.3) is 0 Å². The lowest BCUT2D eigenvalue weighted by Crippen LogP contribution is -2.11. The Balaban J connectivity index is 1.63. The molecule has 1 N–H and O–H groups in total. The molecular formula is C27H23N3O. The van der Waals surface area contributed by atoms with Crippen LogP contribution in [-0.2, 0) is 13.0 Å². The van der Waals surface area contributed by atoms with Crippen LogP contribution in [0.25, 0.3) is 44.9 Å². The minimum Gasteiger partial charge on any atom is -0.497 e. The van der Waals surface area contributed by atoms with E-state index in [2.05, 4.69) is 77.1 Å². The summed E-state index contributed by atoms with van der Waals surface area (Å²) >= 11 is 0. The van der Waals surface area contributed by atoms with Crippen molar-refractivity contribution < 1.29 is 4.74 Å². The van der Waals surface area contributed by atoms with Gasteiger partial charge in [-0.15, -0.1) is 0 Å². The molecule has 0 atom stereocenters. The van der Waals surface area contributed by atoms with Gasteiger partial charge in [0, 0.05) is 28.6 Å². The van der Waals surface area contributed by atoms with E-state index in [0.717, 1.165) is 47.1 Å². The Kier molecular flexibility index (Phi) is 4.00. The molecule has 6 rings (SSSR count). The van der Waals surface area contributed by atoms with E-state index in [9.17, 15) is 0 Å². The largest absolute Gasteiger partial charge is 0.497 e. The van der Waals surface area contributed by atoms with Gasteiger partial charge < -0.3 is 14.3 Å². The first-order valence-electron chi connectivity index (χ1n) is 10.6. The number of ether oxygens (including phenoxy) is 1. The highest BCUT2D eigenvalue weighted by molar-refractivity contribution is 5.94. The summed E-state index contributed by atoms with van der Waals surface area (Å²) in [6.45, 7) is 3.03. The summed E-state index contributed by atoms with van der Waals surface area (Å²) < 4.78 is 7.74. The Morgan fingerprint density at radius 3 is 2.42 bits per heavy atom. The zero-order valence-electron chi connectivity index (χ0n) is 17.6. The first-order chi connectivity index (χ1) is 15.2. The highest BCUT2D eigenvalue weighted by atomic mass is 16.5. The van der Waals surface area contributed by atoms with Crippen LogP contribution in [0, 0.1) is 6.92 Å². The second-order valence-corrected chi connectivity index (χ2v) is 8.15. The number of imidazole rings is 1. The first kappa shape index (κ1) is 18.0. The fraction of sp³-hybridized carbons (Fsp3) is 0.148. The van der Waals surface area contributed by atoms with Crippen molar-refractivity contribution in [2.45, 2.75) is 19.9 Å². The van der Waals surface area contributed by atoms with E-state index in [1.165, 1.54) is 27.7 Å². The SMILES string of the molecule is COc1ccc(-c2nc(-c3ccc(C)cc3)n3c2-c2[nH]c4ccccc4c2CC3)cc1. The monoisotopic (exact) mass is 405 g/mol. The van der Waals surface area contributed by atoms with Crippen molar-refractivity contribution in [2.24, 2.45) is 0 Å². The number of para-hydroxylation sites is 1. The van der Waals surface area contributed by atoms with Crippen molar-refractivity contribution in [1.82, 2.24) is 14.5 Å². The van der Waals surface area contributed by atoms with Gasteiger partial charge in [0.2, 0.25) is 0 Å². The highest BCUT2D eigenvalue weighted by Gasteiger charge is 2.28. The van der Waals surface area contributed by atoms with Gasteiger partial charge >= 0.3 is 0 Å². The van der Waals surface area contributed by atoms with Crippen LogP contribution < -0.4 is 4.74 Å². The number of nitrogens with one attached hydrogen (secondary N) is 1. The van der Waals surface area contributed by atoms with Crippen LogP contribution in [0.3, 0.4) is 0 Å². The predicted octanol–water partition coefficient (Wildman–Crippen LogP) is 6.24. The maximum atomic E-state index is 5.37. The van der Waals surface area contributed by atoms with Crippen LogP contribution >= 0.6 is 0 Å². The van der Waals surface area contributed by atoms with Gasteiger partial charge in [0.05, 0.1) is 24.2 Å². The fourth-order valence-electron chi connectivity index (χ4n) is 4.68. The number of hydrogen-bond donors (Lipinski definition) is 1. The van der Waals surface area contributed by atoms with E-state index in [1.54, 1.807) is 7.11 Å². The van der Waals surface area contributed by atoms with E-state index in [0.29, 0.717) is 0 Å². The van der Waals surface area contributed by atoms with Crippen LogP contribution in [0.4, 0.5) is 0 Å². The molecule has 0 amide bonds. The quantitative estimate of drug-likeness (QED) is 0.386. The number of aromatic amines is 1. The third-order valence-electron chi connectivity index (χ3n) is 6.28. The Labute approximate surface area is 181 Å². The second kappa shape index (κ2) is 6.88. The molecule has 2 aromatic heterocycles. The van der Waals surface area contributed by atoms with Crippen LogP contribution in [0.2, 0.25) is 0 Å². The third kappa shape index (κ3) is 2.79. The number of rotatable bonds is 3. The average Bonchev–Trinajstić information content (AvgIpc) is 3.38. The predicted molar refractivity (Wildman–Crippen MR) is 125 cm³/mol. The molecule has 0 unspecified atom stereocenters. The number of fused-ring (bicyclic) bond motifs is 5. The molecule has 31 heavy (non-hydrogen) atoms. The number of hydrogen-bond acceptors (Lipinski definition) is 2. The zero-order valence-corrected chi connectivity index (χ0v) is 17.6. The molecule has 0 saturated heterocycles. The Morgan fingerprint density at radius 2 is 1.65 bits per heavy atom. The van der Waals surface area contributed by atoms with Crippen LogP contribution in [0.5, 0.6) is 5.75 Å². The van der Waals surface area contributed by atoms with Gasteiger partial charge in [0.1, 0.15) is 11.6 Å². The van der Waals surface area contributed by atoms with E-state index < -0.39 is 0 Å². The van der Waals surface area contributed by atoms with Gasteiger partial charge in [0.15, 0.2) is 0 Å². The van der Waals surface area contributed by atoms with Crippen LogP contribution in [0.15, 0.2) is 72.8 Å². The smallest absolute Gasteiger partial charge is 0.141 e. The summed E-state index contributed by atoms with van der Waals surface area (Å²) in [6, 6.07) is 25.4. The summed E-state index contributed by atoms with van der Waals surface area (Å²) in [5.74, 6) is 1.87. The second-order valence-electron chi connectivity index (χ2n) is 8.15. The molecule has 3 aromatic carbocycles. The Hall–Kier alpha value is -3.79. The van der Waals surface area contributed by atoms with Gasteiger partial charge in [-0.05, 0) is 49.2 Å². The van der Waals surface area contributed by atoms with Crippen molar-refractivity contribution in [3.8, 4) is 39.8 Å². The molecule has 0 aliphatic carbocycles. The van der Waals surface area contributed by atoms with E-state index >= 15 is 0 Å². The Morgan fingerprint density at radius 1 is 0.903 bits per heavy atom. The zero-order chi connectivity index (χ0) is 20.9. The number of aromatic nitrogens is 3. The summed E-state index contributed by atoms with van der Waals surface area (Å²) in [5, 5.41) is 1.31. The molecule has 4 heteroatoms. The lowest BCUT2D eigenvalue weighted by atomic mass is 9.99. The van der Waals surface area contributed by atoms with Gasteiger partial charge in [-0.3, -0.25) is 0 Å². The lowest BCUT2D eigenvalue weighted by molar-refractivity contribution is 0.415. The number of benzene rings is 3. The third-order valence-corrected chi connectivity index (χ3v) is 6.28. The normalized spacial score (nSPS) is 12.6. The van der Waals surface area contributed by atoms with Gasteiger partial charge in [-0.1, -0.05) is 48.0 Å². The van der Waals surface area contributed by atoms with Gasteiger partial charge in [-0.25, -0.2) is 4.98 Å². The molecule has 0 radical (unpaired) electrons. The van der Waals surface area contributed by atoms with Crippen molar-refractivity contribution in [3.63, 3.8) is 0 Å². The number of H-pyrrole nitrogens is 1. The molecule has 0 spiro atoms. The van der Waals surface area contributed by atoms with E-state index in [1.807, 2.05) is 12.1 Å². The average molecular weight is 406 g/mol. The summed E-state index contributed by atoms with van der Waals surface area (Å²) in [4.78, 5) is 8.88. The molecule has 0 bridgehead atoms. The molecule has 5 aromatic rings. The van der Waals surface area contributed by atoms with Crippen molar-refractivity contribution in [2.75, 3.05) is 7.11 Å². The minimum atomic E-state index is 0.849. The van der Waals surface area contributed by atoms with Crippen LogP contribution in [-0.4, -0.2) is 21.6 Å². The first-order valence-corrected chi connectivity index (χ1v) is 10.6. The van der Waals surface area contributed by atoms with Crippen LogP contribution in [0.1, 0.15) is 11.1 Å². The molecular weight excluding hydrogens is 382 g/mol. The molecule has 152 valence electrons. The Bertz CT molecular complexity index is 1410. The summed E-state index contributed by atoms with van der Waals surface area (Å²) in [7, 11) is 1.69. The summed E-state index contributed by atoms with van der Waals surface area (Å²) in [5.41, 5.74) is 9.41. The lowest BCUT2D eigenvalue weighted by Gasteiger charge is -2.19. The molecule has 0 saturated carbocycles.